The van der Waals surface area contributed by atoms with Crippen LogP contribution in [0.1, 0.15) is 20.8 Å². The highest BCUT2D eigenvalue weighted by Gasteiger charge is 2.55. The van der Waals surface area contributed by atoms with Crippen molar-refractivity contribution in [2.45, 2.75) is 33.0 Å². The molecular formula is C26H55N5O6. The van der Waals surface area contributed by atoms with E-state index in [9.17, 15) is 30.6 Å². The van der Waals surface area contributed by atoms with Crippen molar-refractivity contribution in [1.29, 1.82) is 0 Å². The molecule has 2 heterocycles. The Morgan fingerprint density at radius 2 is 0.865 bits per heavy atom. The van der Waals surface area contributed by atoms with Crippen molar-refractivity contribution in [3.8, 4) is 0 Å². The fourth-order valence-electron chi connectivity index (χ4n) is 5.91. The SMILES string of the molecule is CCN1CCN(CC)CCN(CC(O)CN2CC(CO)(CO)C(O)C(CO)(CO)C2)CCN(CC)CC1. The van der Waals surface area contributed by atoms with Crippen LogP contribution in [0.4, 0.5) is 0 Å². The van der Waals surface area contributed by atoms with Crippen molar-refractivity contribution in [3.63, 3.8) is 0 Å². The first kappa shape index (κ1) is 32.8. The van der Waals surface area contributed by atoms with Crippen LogP contribution in [-0.4, -0.2) is 192 Å². The molecule has 2 saturated heterocycles. The lowest BCUT2D eigenvalue weighted by Gasteiger charge is -2.54. The van der Waals surface area contributed by atoms with Gasteiger partial charge in [-0.25, -0.2) is 0 Å². The van der Waals surface area contributed by atoms with E-state index >= 15 is 0 Å². The number of aliphatic hydroxyl groups excluding tert-OH is 6. The molecular weight excluding hydrogens is 478 g/mol. The van der Waals surface area contributed by atoms with Gasteiger partial charge in [0.2, 0.25) is 0 Å². The smallest absolute Gasteiger partial charge is 0.0793 e. The summed E-state index contributed by atoms with van der Waals surface area (Å²) in [6, 6.07) is 0. The van der Waals surface area contributed by atoms with Gasteiger partial charge in [0.25, 0.3) is 0 Å². The molecule has 0 saturated carbocycles. The Balaban J connectivity index is 2.08. The van der Waals surface area contributed by atoms with Crippen LogP contribution in [-0.2, 0) is 0 Å². The highest BCUT2D eigenvalue weighted by atomic mass is 16.3. The second kappa shape index (κ2) is 16.0. The molecule has 0 amide bonds. The third-order valence-electron chi connectivity index (χ3n) is 8.71. The predicted molar refractivity (Wildman–Crippen MR) is 144 cm³/mol. The summed E-state index contributed by atoms with van der Waals surface area (Å²) in [7, 11) is 0. The van der Waals surface area contributed by atoms with Crippen LogP contribution in [0.2, 0.25) is 0 Å². The molecule has 11 heteroatoms. The van der Waals surface area contributed by atoms with E-state index in [4.69, 9.17) is 0 Å². The number of likely N-dealkylation sites (tertiary alicyclic amines) is 1. The van der Waals surface area contributed by atoms with Gasteiger partial charge in [-0.1, -0.05) is 20.8 Å². The number of rotatable bonds is 11. The normalized spacial score (nSPS) is 25.5. The predicted octanol–water partition coefficient (Wildman–Crippen LogP) is -2.75. The van der Waals surface area contributed by atoms with E-state index in [1.807, 2.05) is 4.90 Å². The van der Waals surface area contributed by atoms with Crippen molar-refractivity contribution in [3.05, 3.63) is 0 Å². The molecule has 0 bridgehead atoms. The number of hydrogen-bond donors (Lipinski definition) is 6. The molecule has 0 aliphatic carbocycles. The minimum absolute atomic E-state index is 0.168. The molecule has 2 aliphatic rings. The summed E-state index contributed by atoms with van der Waals surface area (Å²) >= 11 is 0. The summed E-state index contributed by atoms with van der Waals surface area (Å²) in [4.78, 5) is 11.6. The summed E-state index contributed by atoms with van der Waals surface area (Å²) in [5, 5.41) is 62.1. The van der Waals surface area contributed by atoms with Crippen LogP contribution >= 0.6 is 0 Å². The maximum Gasteiger partial charge on any atom is 0.0793 e. The van der Waals surface area contributed by atoms with Crippen LogP contribution in [0.25, 0.3) is 0 Å². The zero-order valence-electron chi connectivity index (χ0n) is 23.5. The van der Waals surface area contributed by atoms with Crippen LogP contribution < -0.4 is 0 Å². The second-order valence-electron chi connectivity index (χ2n) is 11.2. The highest BCUT2D eigenvalue weighted by Crippen LogP contribution is 2.40. The van der Waals surface area contributed by atoms with Crippen molar-refractivity contribution in [2.75, 3.05) is 125 Å². The fourth-order valence-corrected chi connectivity index (χ4v) is 5.91. The first-order valence-corrected chi connectivity index (χ1v) is 14.2. The Morgan fingerprint density at radius 1 is 0.568 bits per heavy atom. The molecule has 37 heavy (non-hydrogen) atoms. The quantitative estimate of drug-likeness (QED) is 0.165. The number of aliphatic hydroxyl groups is 6. The topological polar surface area (TPSA) is 138 Å². The summed E-state index contributed by atoms with van der Waals surface area (Å²) in [5.74, 6) is 0. The lowest BCUT2D eigenvalue weighted by atomic mass is 9.65. The standard InChI is InChI=1S/C26H55N5O6/c1-4-27-7-9-28(5-2)11-13-30(14-12-29(6-3)10-8-27)15-23(36)16-31-17-25(19-32,20-33)24(37)26(18-31,21-34)22-35/h23-24,32-37H,4-22H2,1-3H3. The third kappa shape index (κ3) is 8.77. The summed E-state index contributed by atoms with van der Waals surface area (Å²) in [6.45, 7) is 16.5. The first-order valence-electron chi connectivity index (χ1n) is 14.2. The highest BCUT2D eigenvalue weighted by molar-refractivity contribution is 5.05. The molecule has 220 valence electrons. The van der Waals surface area contributed by atoms with Gasteiger partial charge >= 0.3 is 0 Å². The molecule has 2 rings (SSSR count). The zero-order valence-corrected chi connectivity index (χ0v) is 23.5. The Bertz CT molecular complexity index is 582. The second-order valence-corrected chi connectivity index (χ2v) is 11.2. The van der Waals surface area contributed by atoms with E-state index < -0.39 is 49.5 Å². The molecule has 2 fully saturated rings. The van der Waals surface area contributed by atoms with Gasteiger partial charge in [0, 0.05) is 78.5 Å². The van der Waals surface area contributed by atoms with Gasteiger partial charge < -0.3 is 45.3 Å². The average Bonchev–Trinajstić information content (AvgIpc) is 2.91. The number of nitrogens with zero attached hydrogens (tertiary/aromatic N) is 5. The number of β-amino-alcohol motifs (C(OH)–C–C–N with tert-alkyl or cyclic N) is 1. The van der Waals surface area contributed by atoms with Crippen LogP contribution in [0, 0.1) is 10.8 Å². The molecule has 6 N–H and O–H groups in total. The largest absolute Gasteiger partial charge is 0.396 e. The number of likely N-dealkylation sites (N-methyl/N-ethyl adjacent to an activating group) is 3. The maximum absolute atomic E-state index is 11.1. The minimum atomic E-state index is -1.29. The molecule has 11 nitrogen and oxygen atoms in total. The van der Waals surface area contributed by atoms with E-state index in [-0.39, 0.29) is 19.6 Å². The van der Waals surface area contributed by atoms with Gasteiger partial charge in [0.05, 0.1) is 49.5 Å². The third-order valence-corrected chi connectivity index (χ3v) is 8.71. The number of piperidine rings is 1. The molecule has 0 aromatic rings. The zero-order chi connectivity index (χ0) is 27.5. The Labute approximate surface area is 223 Å². The minimum Gasteiger partial charge on any atom is -0.396 e. The fraction of sp³-hybridized carbons (Fsp3) is 1.00. The van der Waals surface area contributed by atoms with E-state index in [1.54, 1.807) is 0 Å². The lowest BCUT2D eigenvalue weighted by Crippen LogP contribution is -2.68. The Hall–Kier alpha value is -0.440. The van der Waals surface area contributed by atoms with Crippen LogP contribution in [0.3, 0.4) is 0 Å². The van der Waals surface area contributed by atoms with Crippen molar-refractivity contribution in [2.24, 2.45) is 10.8 Å². The molecule has 1 unspecified atom stereocenters. The van der Waals surface area contributed by atoms with Gasteiger partial charge in [-0.05, 0) is 19.6 Å². The van der Waals surface area contributed by atoms with Gasteiger partial charge in [0.15, 0.2) is 0 Å². The molecule has 0 aromatic carbocycles. The van der Waals surface area contributed by atoms with Crippen molar-refractivity contribution in [1.82, 2.24) is 24.5 Å². The lowest BCUT2D eigenvalue weighted by molar-refractivity contribution is -0.196. The van der Waals surface area contributed by atoms with Gasteiger partial charge in [-0.3, -0.25) is 9.80 Å². The average molecular weight is 534 g/mol. The van der Waals surface area contributed by atoms with E-state index in [0.29, 0.717) is 6.54 Å². The maximum atomic E-state index is 11.1. The number of hydrogen-bond acceptors (Lipinski definition) is 11. The van der Waals surface area contributed by atoms with Crippen molar-refractivity contribution < 1.29 is 30.6 Å². The van der Waals surface area contributed by atoms with E-state index in [0.717, 1.165) is 72.0 Å². The van der Waals surface area contributed by atoms with Gasteiger partial charge in [-0.2, -0.15) is 0 Å². The molecule has 0 radical (unpaired) electrons. The van der Waals surface area contributed by atoms with Gasteiger partial charge in [0.1, 0.15) is 0 Å². The van der Waals surface area contributed by atoms with E-state index in [2.05, 4.69) is 40.4 Å². The van der Waals surface area contributed by atoms with E-state index in [1.165, 1.54) is 0 Å². The summed E-state index contributed by atoms with van der Waals surface area (Å²) < 4.78 is 0. The van der Waals surface area contributed by atoms with Crippen molar-refractivity contribution >= 4 is 0 Å². The first-order chi connectivity index (χ1) is 17.7. The molecule has 0 spiro atoms. The van der Waals surface area contributed by atoms with Crippen LogP contribution in [0.15, 0.2) is 0 Å². The summed E-state index contributed by atoms with van der Waals surface area (Å²) in [6.07, 6.45) is -1.97. The Kier molecular flexibility index (Phi) is 14.2. The van der Waals surface area contributed by atoms with Crippen LogP contribution in [0.5, 0.6) is 0 Å². The van der Waals surface area contributed by atoms with Gasteiger partial charge in [-0.15, -0.1) is 0 Å². The summed E-state index contributed by atoms with van der Waals surface area (Å²) in [5.41, 5.74) is -2.57. The molecule has 0 aromatic heterocycles. The molecule has 1 atom stereocenters. The monoisotopic (exact) mass is 533 g/mol. The molecule has 2 aliphatic heterocycles. The Morgan fingerprint density at radius 3 is 1.16 bits per heavy atom.